The third-order valence-corrected chi connectivity index (χ3v) is 3.02. The Kier molecular flexibility index (Phi) is 2.74. The molecule has 3 aromatic rings. The number of hydrogen-bond donors (Lipinski definition) is 0. The lowest BCUT2D eigenvalue weighted by Crippen LogP contribution is -2.07. The van der Waals surface area contributed by atoms with Gasteiger partial charge in [0, 0.05) is 24.2 Å². The summed E-state index contributed by atoms with van der Waals surface area (Å²) in [6, 6.07) is 7.31. The van der Waals surface area contributed by atoms with Crippen LogP contribution in [0, 0.1) is 0 Å². The summed E-state index contributed by atoms with van der Waals surface area (Å²) >= 11 is 0. The SMILES string of the molecule is Cn1cc(-c2cc(C(F)(F)F)c3ccccc3n2)cn1. The number of aromatic nitrogens is 3. The molecule has 0 atom stereocenters. The van der Waals surface area contributed by atoms with Crippen LogP contribution in [0.4, 0.5) is 13.2 Å². The van der Waals surface area contributed by atoms with Crippen molar-refractivity contribution in [2.75, 3.05) is 0 Å². The first-order valence-corrected chi connectivity index (χ1v) is 5.91. The quantitative estimate of drug-likeness (QED) is 0.679. The smallest absolute Gasteiger partial charge is 0.275 e. The van der Waals surface area contributed by atoms with Gasteiger partial charge in [0.2, 0.25) is 0 Å². The largest absolute Gasteiger partial charge is 0.417 e. The molecule has 0 fully saturated rings. The van der Waals surface area contributed by atoms with Crippen molar-refractivity contribution >= 4 is 10.9 Å². The normalized spacial score (nSPS) is 12.0. The van der Waals surface area contributed by atoms with Gasteiger partial charge in [0.15, 0.2) is 0 Å². The summed E-state index contributed by atoms with van der Waals surface area (Å²) in [5.74, 6) is 0. The molecule has 6 heteroatoms. The summed E-state index contributed by atoms with van der Waals surface area (Å²) < 4.78 is 41.0. The van der Waals surface area contributed by atoms with Gasteiger partial charge in [-0.05, 0) is 12.1 Å². The topological polar surface area (TPSA) is 30.7 Å². The Morgan fingerprint density at radius 3 is 2.55 bits per heavy atom. The Balaban J connectivity index is 2.30. The average Bonchev–Trinajstić information content (AvgIpc) is 2.83. The fourth-order valence-corrected chi connectivity index (χ4v) is 2.11. The Morgan fingerprint density at radius 2 is 1.90 bits per heavy atom. The fourth-order valence-electron chi connectivity index (χ4n) is 2.11. The van der Waals surface area contributed by atoms with E-state index in [1.807, 2.05) is 0 Å². The molecule has 3 nitrogen and oxygen atoms in total. The molecule has 0 radical (unpaired) electrons. The molecule has 2 heterocycles. The van der Waals surface area contributed by atoms with Crippen LogP contribution in [0.25, 0.3) is 22.2 Å². The van der Waals surface area contributed by atoms with E-state index in [0.29, 0.717) is 11.1 Å². The number of benzene rings is 1. The monoisotopic (exact) mass is 277 g/mol. The minimum atomic E-state index is -4.42. The van der Waals surface area contributed by atoms with E-state index in [4.69, 9.17) is 0 Å². The van der Waals surface area contributed by atoms with Gasteiger partial charge in [-0.2, -0.15) is 18.3 Å². The van der Waals surface area contributed by atoms with Crippen LogP contribution in [0.2, 0.25) is 0 Å². The first-order chi connectivity index (χ1) is 9.45. The fraction of sp³-hybridized carbons (Fsp3) is 0.143. The number of alkyl halides is 3. The summed E-state index contributed by atoms with van der Waals surface area (Å²) in [6.45, 7) is 0. The first-order valence-electron chi connectivity index (χ1n) is 5.91. The van der Waals surface area contributed by atoms with Crippen molar-refractivity contribution in [1.29, 1.82) is 0 Å². The van der Waals surface area contributed by atoms with Crippen LogP contribution >= 0.6 is 0 Å². The molecule has 0 N–H and O–H groups in total. The number of para-hydroxylation sites is 1. The summed E-state index contributed by atoms with van der Waals surface area (Å²) in [5.41, 5.74) is 0.469. The second-order valence-electron chi connectivity index (χ2n) is 4.47. The highest BCUT2D eigenvalue weighted by atomic mass is 19.4. The minimum absolute atomic E-state index is 0.104. The van der Waals surface area contributed by atoms with Crippen molar-refractivity contribution in [3.63, 3.8) is 0 Å². The van der Waals surface area contributed by atoms with Gasteiger partial charge in [-0.15, -0.1) is 0 Å². The lowest BCUT2D eigenvalue weighted by atomic mass is 10.1. The van der Waals surface area contributed by atoms with Gasteiger partial charge in [-0.25, -0.2) is 4.98 Å². The minimum Gasteiger partial charge on any atom is -0.275 e. The molecule has 0 aliphatic carbocycles. The number of halogens is 3. The Labute approximate surface area is 112 Å². The van der Waals surface area contributed by atoms with E-state index in [2.05, 4.69) is 10.1 Å². The molecule has 1 aromatic carbocycles. The summed E-state index contributed by atoms with van der Waals surface area (Å²) in [5, 5.41) is 4.06. The van der Waals surface area contributed by atoms with E-state index in [-0.39, 0.29) is 11.1 Å². The van der Waals surface area contributed by atoms with Crippen LogP contribution in [-0.4, -0.2) is 14.8 Å². The van der Waals surface area contributed by atoms with Crippen molar-refractivity contribution < 1.29 is 13.2 Å². The van der Waals surface area contributed by atoms with Crippen molar-refractivity contribution in [2.45, 2.75) is 6.18 Å². The third-order valence-electron chi connectivity index (χ3n) is 3.02. The second kappa shape index (κ2) is 4.33. The van der Waals surface area contributed by atoms with Crippen LogP contribution in [0.15, 0.2) is 42.7 Å². The second-order valence-corrected chi connectivity index (χ2v) is 4.47. The number of rotatable bonds is 1. The number of pyridine rings is 1. The predicted molar refractivity (Wildman–Crippen MR) is 68.9 cm³/mol. The van der Waals surface area contributed by atoms with Gasteiger partial charge in [0.25, 0.3) is 0 Å². The van der Waals surface area contributed by atoms with E-state index >= 15 is 0 Å². The molecule has 0 unspecified atom stereocenters. The van der Waals surface area contributed by atoms with Gasteiger partial charge < -0.3 is 0 Å². The van der Waals surface area contributed by atoms with Gasteiger partial charge >= 0.3 is 6.18 Å². The van der Waals surface area contributed by atoms with Crippen molar-refractivity contribution in [3.05, 3.63) is 48.3 Å². The molecule has 0 saturated heterocycles. The Morgan fingerprint density at radius 1 is 1.15 bits per heavy atom. The molecule has 0 aliphatic rings. The third kappa shape index (κ3) is 2.13. The first kappa shape index (κ1) is 12.7. The molecule has 20 heavy (non-hydrogen) atoms. The van der Waals surface area contributed by atoms with Crippen molar-refractivity contribution in [3.8, 4) is 11.3 Å². The molecule has 2 aromatic heterocycles. The lowest BCUT2D eigenvalue weighted by molar-refractivity contribution is -0.136. The van der Waals surface area contributed by atoms with Gasteiger partial charge in [0.05, 0.1) is 23.0 Å². The maximum Gasteiger partial charge on any atom is 0.417 e. The van der Waals surface area contributed by atoms with E-state index in [9.17, 15) is 13.2 Å². The highest BCUT2D eigenvalue weighted by Crippen LogP contribution is 2.36. The van der Waals surface area contributed by atoms with Crippen LogP contribution in [0.1, 0.15) is 5.56 Å². The zero-order chi connectivity index (χ0) is 14.3. The highest BCUT2D eigenvalue weighted by molar-refractivity contribution is 5.85. The molecule has 0 saturated carbocycles. The zero-order valence-corrected chi connectivity index (χ0v) is 10.5. The molecule has 0 aliphatic heterocycles. The molecule has 0 spiro atoms. The highest BCUT2D eigenvalue weighted by Gasteiger charge is 2.33. The van der Waals surface area contributed by atoms with E-state index in [1.54, 1.807) is 31.4 Å². The molecule has 102 valence electrons. The lowest BCUT2D eigenvalue weighted by Gasteiger charge is -2.11. The van der Waals surface area contributed by atoms with E-state index < -0.39 is 11.7 Å². The molecule has 0 bridgehead atoms. The summed E-state index contributed by atoms with van der Waals surface area (Å²) in [4.78, 5) is 4.28. The maximum absolute atomic E-state index is 13.2. The van der Waals surface area contributed by atoms with E-state index in [1.165, 1.54) is 16.9 Å². The summed E-state index contributed by atoms with van der Waals surface area (Å²) in [7, 11) is 1.70. The van der Waals surface area contributed by atoms with Gasteiger partial charge in [-0.3, -0.25) is 4.68 Å². The van der Waals surface area contributed by atoms with Crippen LogP contribution in [0.5, 0.6) is 0 Å². The Hall–Kier alpha value is -2.37. The molecule has 0 amide bonds. The number of fused-ring (bicyclic) bond motifs is 1. The predicted octanol–water partition coefficient (Wildman–Crippen LogP) is 3.65. The zero-order valence-electron chi connectivity index (χ0n) is 10.5. The van der Waals surface area contributed by atoms with Crippen LogP contribution in [0.3, 0.4) is 0 Å². The van der Waals surface area contributed by atoms with Crippen molar-refractivity contribution in [2.24, 2.45) is 7.05 Å². The molecule has 3 rings (SSSR count). The summed E-state index contributed by atoms with van der Waals surface area (Å²) in [6.07, 6.45) is -1.28. The standard InChI is InChI=1S/C14H10F3N3/c1-20-8-9(7-18-20)13-6-11(14(15,16)17)10-4-2-3-5-12(10)19-13/h2-8H,1H3. The maximum atomic E-state index is 13.2. The molecular formula is C14H10F3N3. The van der Waals surface area contributed by atoms with E-state index in [0.717, 1.165) is 6.07 Å². The van der Waals surface area contributed by atoms with Gasteiger partial charge in [0.1, 0.15) is 0 Å². The van der Waals surface area contributed by atoms with Crippen LogP contribution < -0.4 is 0 Å². The number of hydrogen-bond acceptors (Lipinski definition) is 2. The van der Waals surface area contributed by atoms with Crippen molar-refractivity contribution in [1.82, 2.24) is 14.8 Å². The van der Waals surface area contributed by atoms with Crippen LogP contribution in [-0.2, 0) is 13.2 Å². The number of nitrogens with zero attached hydrogens (tertiary/aromatic N) is 3. The molecular weight excluding hydrogens is 267 g/mol. The Bertz CT molecular complexity index is 775. The number of aryl methyl sites for hydroxylation is 1. The average molecular weight is 277 g/mol. The van der Waals surface area contributed by atoms with Gasteiger partial charge in [-0.1, -0.05) is 18.2 Å².